The number of aryl methyl sites for hydroxylation is 2. The topological polar surface area (TPSA) is 78.1 Å². The van der Waals surface area contributed by atoms with Crippen LogP contribution in [-0.4, -0.2) is 34.7 Å². The molecule has 1 fully saturated rings. The van der Waals surface area contributed by atoms with E-state index >= 15 is 0 Å². The molecule has 0 aliphatic carbocycles. The molecule has 4 rings (SSSR count). The van der Waals surface area contributed by atoms with Gasteiger partial charge in [0, 0.05) is 29.3 Å². The second kappa shape index (κ2) is 9.22. The van der Waals surface area contributed by atoms with Crippen LogP contribution in [-0.2, 0) is 10.5 Å². The highest BCUT2D eigenvalue weighted by molar-refractivity contribution is 7.99. The van der Waals surface area contributed by atoms with E-state index in [2.05, 4.69) is 32.3 Å². The van der Waals surface area contributed by atoms with Gasteiger partial charge in [-0.25, -0.2) is 4.98 Å². The minimum Gasteiger partial charge on any atom is -0.372 e. The van der Waals surface area contributed by atoms with Gasteiger partial charge in [-0.1, -0.05) is 0 Å². The van der Waals surface area contributed by atoms with Gasteiger partial charge < -0.3 is 15.2 Å². The van der Waals surface area contributed by atoms with E-state index in [-0.39, 0.29) is 11.5 Å². The zero-order valence-electron chi connectivity index (χ0n) is 17.3. The highest BCUT2D eigenvalue weighted by atomic mass is 32.2. The first-order valence-corrected chi connectivity index (χ1v) is 12.2. The molecule has 1 saturated heterocycles. The lowest BCUT2D eigenvalue weighted by molar-refractivity contribution is -0.113. The SMILES string of the molecule is Cc1sc2nc(CSCC(=O)Nc3ccc(N4CCCCC4)cc3)[nH]c(=O)c2c1C. The van der Waals surface area contributed by atoms with E-state index in [4.69, 9.17) is 0 Å². The number of H-pyrrole nitrogens is 1. The highest BCUT2D eigenvalue weighted by Crippen LogP contribution is 2.26. The third-order valence-corrected chi connectivity index (χ3v) is 7.48. The predicted molar refractivity (Wildman–Crippen MR) is 127 cm³/mol. The van der Waals surface area contributed by atoms with Crippen molar-refractivity contribution >= 4 is 50.6 Å². The van der Waals surface area contributed by atoms with Crippen LogP contribution in [0.25, 0.3) is 10.2 Å². The van der Waals surface area contributed by atoms with Crippen LogP contribution in [0.4, 0.5) is 11.4 Å². The zero-order valence-corrected chi connectivity index (χ0v) is 18.9. The maximum absolute atomic E-state index is 12.3. The Kier molecular flexibility index (Phi) is 6.43. The fourth-order valence-electron chi connectivity index (χ4n) is 3.71. The summed E-state index contributed by atoms with van der Waals surface area (Å²) in [5.41, 5.74) is 2.91. The third-order valence-electron chi connectivity index (χ3n) is 5.43. The van der Waals surface area contributed by atoms with Crippen molar-refractivity contribution in [3.05, 3.63) is 50.9 Å². The Morgan fingerprint density at radius 3 is 2.67 bits per heavy atom. The van der Waals surface area contributed by atoms with Crippen LogP contribution in [0.1, 0.15) is 35.5 Å². The largest absolute Gasteiger partial charge is 0.372 e. The molecule has 1 aliphatic heterocycles. The summed E-state index contributed by atoms with van der Waals surface area (Å²) in [7, 11) is 0. The molecule has 158 valence electrons. The number of piperidine rings is 1. The number of nitrogens with zero attached hydrogens (tertiary/aromatic N) is 2. The number of carbonyl (C=O) groups excluding carboxylic acids is 1. The molecule has 1 aliphatic rings. The number of aromatic nitrogens is 2. The minimum atomic E-state index is -0.101. The minimum absolute atomic E-state index is 0.0584. The van der Waals surface area contributed by atoms with Crippen molar-refractivity contribution in [1.29, 1.82) is 0 Å². The maximum Gasteiger partial charge on any atom is 0.259 e. The summed E-state index contributed by atoms with van der Waals surface area (Å²) in [6.45, 7) is 6.16. The first-order valence-electron chi connectivity index (χ1n) is 10.2. The smallest absolute Gasteiger partial charge is 0.259 e. The van der Waals surface area contributed by atoms with Crippen LogP contribution in [0.5, 0.6) is 0 Å². The number of hydrogen-bond donors (Lipinski definition) is 2. The van der Waals surface area contributed by atoms with Gasteiger partial charge in [-0.15, -0.1) is 23.1 Å². The molecule has 3 heterocycles. The van der Waals surface area contributed by atoms with Crippen molar-refractivity contribution in [2.45, 2.75) is 38.9 Å². The molecule has 0 radical (unpaired) electrons. The van der Waals surface area contributed by atoms with Crippen LogP contribution in [0.3, 0.4) is 0 Å². The lowest BCUT2D eigenvalue weighted by atomic mass is 10.1. The normalized spacial score (nSPS) is 14.3. The van der Waals surface area contributed by atoms with Crippen molar-refractivity contribution < 1.29 is 4.79 Å². The molecule has 0 spiro atoms. The number of thiophene rings is 1. The molecular formula is C22H26N4O2S2. The van der Waals surface area contributed by atoms with E-state index in [1.165, 1.54) is 48.0 Å². The predicted octanol–water partition coefficient (Wildman–Crippen LogP) is 4.46. The van der Waals surface area contributed by atoms with Crippen LogP contribution >= 0.6 is 23.1 Å². The van der Waals surface area contributed by atoms with Crippen molar-refractivity contribution in [3.63, 3.8) is 0 Å². The van der Waals surface area contributed by atoms with Crippen LogP contribution < -0.4 is 15.8 Å². The molecule has 1 amide bonds. The Labute approximate surface area is 184 Å². The van der Waals surface area contributed by atoms with Gasteiger partial charge in [0.15, 0.2) is 0 Å². The maximum atomic E-state index is 12.3. The Balaban J connectivity index is 1.30. The average Bonchev–Trinajstić information content (AvgIpc) is 3.03. The number of amides is 1. The summed E-state index contributed by atoms with van der Waals surface area (Å²) in [6, 6.07) is 8.06. The Hall–Kier alpha value is -2.32. The first-order chi connectivity index (χ1) is 14.5. The summed E-state index contributed by atoms with van der Waals surface area (Å²) < 4.78 is 0. The molecule has 6 nitrogen and oxygen atoms in total. The number of anilines is 2. The Bertz CT molecular complexity index is 1100. The van der Waals surface area contributed by atoms with Crippen molar-refractivity contribution in [1.82, 2.24) is 9.97 Å². The van der Waals surface area contributed by atoms with Gasteiger partial charge in [0.2, 0.25) is 5.91 Å². The van der Waals surface area contributed by atoms with Gasteiger partial charge in [-0.05, 0) is 62.9 Å². The Morgan fingerprint density at radius 2 is 1.93 bits per heavy atom. The number of aromatic amines is 1. The van der Waals surface area contributed by atoms with Crippen molar-refractivity contribution in [3.8, 4) is 0 Å². The second-order valence-electron chi connectivity index (χ2n) is 7.61. The van der Waals surface area contributed by atoms with Gasteiger partial charge >= 0.3 is 0 Å². The number of rotatable bonds is 6. The van der Waals surface area contributed by atoms with E-state index in [0.29, 0.717) is 22.7 Å². The Morgan fingerprint density at radius 1 is 1.20 bits per heavy atom. The fraction of sp³-hybridized carbons (Fsp3) is 0.409. The molecule has 2 aromatic heterocycles. The van der Waals surface area contributed by atoms with Crippen LogP contribution in [0.15, 0.2) is 29.1 Å². The lowest BCUT2D eigenvalue weighted by Crippen LogP contribution is -2.29. The first kappa shape index (κ1) is 20.9. The number of hydrogen-bond acceptors (Lipinski definition) is 6. The van der Waals surface area contributed by atoms with E-state index in [1.807, 2.05) is 26.0 Å². The van der Waals surface area contributed by atoms with E-state index in [1.54, 1.807) is 0 Å². The van der Waals surface area contributed by atoms with Gasteiger partial charge in [-0.3, -0.25) is 9.59 Å². The van der Waals surface area contributed by atoms with Crippen molar-refractivity contribution in [2.75, 3.05) is 29.1 Å². The average molecular weight is 443 g/mol. The monoisotopic (exact) mass is 442 g/mol. The molecule has 0 unspecified atom stereocenters. The molecule has 0 saturated carbocycles. The summed E-state index contributed by atoms with van der Waals surface area (Å²) in [4.78, 5) is 36.3. The van der Waals surface area contributed by atoms with Gasteiger partial charge in [-0.2, -0.15) is 0 Å². The van der Waals surface area contributed by atoms with Gasteiger partial charge in [0.25, 0.3) is 5.56 Å². The summed E-state index contributed by atoms with van der Waals surface area (Å²) in [6.07, 6.45) is 3.80. The standard InChI is InChI=1S/C22H26N4O2S2/c1-14-15(2)30-22-20(14)21(28)24-18(25-22)12-29-13-19(27)23-16-6-8-17(9-7-16)26-10-4-3-5-11-26/h6-9H,3-5,10-13H2,1-2H3,(H,23,27)(H,24,25,28). The number of thioether (sulfide) groups is 1. The molecular weight excluding hydrogens is 416 g/mol. The highest BCUT2D eigenvalue weighted by Gasteiger charge is 2.13. The van der Waals surface area contributed by atoms with Gasteiger partial charge in [0.05, 0.1) is 16.9 Å². The second-order valence-corrected chi connectivity index (χ2v) is 9.80. The van der Waals surface area contributed by atoms with E-state index in [0.717, 1.165) is 34.0 Å². The number of benzene rings is 1. The molecule has 30 heavy (non-hydrogen) atoms. The zero-order chi connectivity index (χ0) is 21.1. The van der Waals surface area contributed by atoms with Crippen LogP contribution in [0, 0.1) is 13.8 Å². The molecule has 0 bridgehead atoms. The summed E-state index contributed by atoms with van der Waals surface area (Å²) >= 11 is 2.98. The third kappa shape index (κ3) is 4.70. The molecule has 1 aromatic carbocycles. The molecule has 8 heteroatoms. The summed E-state index contributed by atoms with van der Waals surface area (Å²) in [5, 5.41) is 3.62. The lowest BCUT2D eigenvalue weighted by Gasteiger charge is -2.28. The number of carbonyl (C=O) groups is 1. The molecule has 0 atom stereocenters. The number of nitrogens with one attached hydrogen (secondary N) is 2. The van der Waals surface area contributed by atoms with Crippen LogP contribution in [0.2, 0.25) is 0 Å². The van der Waals surface area contributed by atoms with E-state index < -0.39 is 0 Å². The van der Waals surface area contributed by atoms with E-state index in [9.17, 15) is 9.59 Å². The summed E-state index contributed by atoms with van der Waals surface area (Å²) in [5.74, 6) is 1.34. The van der Waals surface area contributed by atoms with Crippen molar-refractivity contribution in [2.24, 2.45) is 0 Å². The quantitative estimate of drug-likeness (QED) is 0.589. The number of fused-ring (bicyclic) bond motifs is 1. The molecule has 3 aromatic rings. The molecule has 2 N–H and O–H groups in total. The van der Waals surface area contributed by atoms with Gasteiger partial charge in [0.1, 0.15) is 10.7 Å². The fourth-order valence-corrected chi connectivity index (χ4v) is 5.45.